The first-order valence-electron chi connectivity index (χ1n) is 7.23. The highest BCUT2D eigenvalue weighted by molar-refractivity contribution is 6.31. The van der Waals surface area contributed by atoms with Gasteiger partial charge in [-0.2, -0.15) is 0 Å². The number of carboxylic acid groups (broad SMARTS) is 1. The van der Waals surface area contributed by atoms with Crippen LogP contribution in [0.3, 0.4) is 0 Å². The summed E-state index contributed by atoms with van der Waals surface area (Å²) < 4.78 is 16.0. The number of nitrogens with one attached hydrogen (secondary N) is 1. The maximum atomic E-state index is 13.0. The highest BCUT2D eigenvalue weighted by Crippen LogP contribution is 2.19. The summed E-state index contributed by atoms with van der Waals surface area (Å²) in [5.41, 5.74) is 0.161. The van der Waals surface area contributed by atoms with Crippen LogP contribution in [0.2, 0.25) is 5.02 Å². The second kappa shape index (κ2) is 8.26. The first-order valence-corrected chi connectivity index (χ1v) is 7.60. The van der Waals surface area contributed by atoms with E-state index in [1.165, 1.54) is 19.2 Å². The minimum atomic E-state index is -1.19. The number of rotatable bonds is 3. The van der Waals surface area contributed by atoms with E-state index >= 15 is 0 Å². The average molecular weight is 380 g/mol. The van der Waals surface area contributed by atoms with Gasteiger partial charge in [-0.25, -0.2) is 19.2 Å². The Labute approximate surface area is 152 Å². The largest absolute Gasteiger partial charge is 0.477 e. The summed E-state index contributed by atoms with van der Waals surface area (Å²) in [6, 6.07) is 3.69. The monoisotopic (exact) mass is 379 g/mol. The fraction of sp³-hybridized carbons (Fsp3) is 0.125. The number of anilines is 1. The fourth-order valence-corrected chi connectivity index (χ4v) is 2.09. The molecule has 0 aliphatic heterocycles. The van der Waals surface area contributed by atoms with Gasteiger partial charge in [0, 0.05) is 32.2 Å². The molecule has 26 heavy (non-hydrogen) atoms. The molecule has 0 atom stereocenters. The molecule has 0 aliphatic carbocycles. The smallest absolute Gasteiger partial charge is 0.354 e. The van der Waals surface area contributed by atoms with Crippen LogP contribution in [0.4, 0.5) is 10.1 Å². The molecule has 3 rings (SSSR count). The van der Waals surface area contributed by atoms with Crippen LogP contribution in [0.1, 0.15) is 21.1 Å². The molecule has 0 aliphatic rings. The van der Waals surface area contributed by atoms with Crippen LogP contribution in [0.15, 0.2) is 43.1 Å². The fourth-order valence-electron chi connectivity index (χ4n) is 1.91. The predicted octanol–water partition coefficient (Wildman–Crippen LogP) is 2.58. The molecule has 0 bridgehead atoms. The number of nitrogens with zero attached hydrogens (tertiary/aromatic N) is 4. The van der Waals surface area contributed by atoms with Crippen LogP contribution >= 0.6 is 11.6 Å². The molecule has 0 unspecified atom stereocenters. The number of benzene rings is 1. The van der Waals surface area contributed by atoms with Gasteiger partial charge in [0.15, 0.2) is 5.82 Å². The predicted molar refractivity (Wildman–Crippen MR) is 92.7 cm³/mol. The quantitative estimate of drug-likeness (QED) is 0.728. The van der Waals surface area contributed by atoms with Gasteiger partial charge >= 0.3 is 5.97 Å². The Balaban J connectivity index is 0.000000342. The average Bonchev–Trinajstić information content (AvgIpc) is 3.20. The Morgan fingerprint density at radius 1 is 1.31 bits per heavy atom. The number of carbonyl (C=O) groups is 2. The number of aryl methyl sites for hydroxylation is 1. The van der Waals surface area contributed by atoms with Gasteiger partial charge in [-0.3, -0.25) is 4.79 Å². The van der Waals surface area contributed by atoms with E-state index in [1.807, 2.05) is 17.8 Å². The summed E-state index contributed by atoms with van der Waals surface area (Å²) in [5, 5.41) is 11.2. The Hall–Kier alpha value is -3.20. The number of aromatic nitrogens is 4. The lowest BCUT2D eigenvalue weighted by atomic mass is 10.3. The number of halogens is 2. The third-order valence-electron chi connectivity index (χ3n) is 3.22. The van der Waals surface area contributed by atoms with Crippen molar-refractivity contribution in [1.29, 1.82) is 0 Å². The molecule has 0 saturated carbocycles. The van der Waals surface area contributed by atoms with Crippen molar-refractivity contribution in [3.8, 4) is 0 Å². The summed E-state index contributed by atoms with van der Waals surface area (Å²) in [6.07, 6.45) is 6.47. The number of aromatic carboxylic acids is 1. The highest BCUT2D eigenvalue weighted by atomic mass is 35.5. The van der Waals surface area contributed by atoms with Gasteiger partial charge in [0.2, 0.25) is 0 Å². The maximum absolute atomic E-state index is 13.0. The topological polar surface area (TPSA) is 102 Å². The van der Waals surface area contributed by atoms with Crippen LogP contribution in [0.25, 0.3) is 0 Å². The number of hydrogen-bond donors (Lipinski definition) is 2. The number of hydrogen-bond acceptors (Lipinski definition) is 4. The van der Waals surface area contributed by atoms with Crippen LogP contribution in [0.5, 0.6) is 0 Å². The molecule has 0 saturated heterocycles. The summed E-state index contributed by atoms with van der Waals surface area (Å²) >= 11 is 5.60. The molecular formula is C16H15ClFN5O3. The van der Waals surface area contributed by atoms with E-state index in [0.29, 0.717) is 0 Å². The molecular weight excluding hydrogens is 365 g/mol. The number of carbonyl (C=O) groups excluding carboxylic acids is 1. The van der Waals surface area contributed by atoms with E-state index in [0.717, 1.165) is 16.8 Å². The number of amides is 1. The first-order chi connectivity index (χ1) is 12.3. The van der Waals surface area contributed by atoms with Crippen molar-refractivity contribution in [2.45, 2.75) is 0 Å². The van der Waals surface area contributed by atoms with Gasteiger partial charge in [0.05, 0.1) is 17.5 Å². The van der Waals surface area contributed by atoms with E-state index in [4.69, 9.17) is 16.7 Å². The van der Waals surface area contributed by atoms with E-state index in [9.17, 15) is 14.0 Å². The van der Waals surface area contributed by atoms with Gasteiger partial charge in [-0.15, -0.1) is 0 Å². The van der Waals surface area contributed by atoms with Crippen LogP contribution < -0.4 is 5.32 Å². The summed E-state index contributed by atoms with van der Waals surface area (Å²) in [4.78, 5) is 30.3. The van der Waals surface area contributed by atoms with Crippen molar-refractivity contribution in [1.82, 2.24) is 19.1 Å². The molecule has 0 radical (unpaired) electrons. The zero-order valence-electron chi connectivity index (χ0n) is 13.8. The van der Waals surface area contributed by atoms with Gasteiger partial charge < -0.3 is 19.6 Å². The van der Waals surface area contributed by atoms with Gasteiger partial charge in [0.25, 0.3) is 5.91 Å². The normalized spacial score (nSPS) is 10.0. The molecule has 8 nitrogen and oxygen atoms in total. The third-order valence-corrected chi connectivity index (χ3v) is 3.51. The molecule has 3 aromatic rings. The Morgan fingerprint density at radius 2 is 2.04 bits per heavy atom. The molecule has 10 heteroatoms. The second-order valence-corrected chi connectivity index (χ2v) is 5.55. The minimum absolute atomic E-state index is 0.0807. The lowest BCUT2D eigenvalue weighted by molar-refractivity contribution is 0.0686. The first kappa shape index (κ1) is 19.1. The lowest BCUT2D eigenvalue weighted by Gasteiger charge is -2.06. The molecule has 2 aromatic heterocycles. The SMILES string of the molecule is Cn1c(C(=O)O)cnc1C(=O)Nc1ccc(F)c(Cl)c1.Cn1ccnc1. The maximum Gasteiger partial charge on any atom is 0.354 e. The molecule has 1 aromatic carbocycles. The molecule has 0 fully saturated rings. The van der Waals surface area contributed by atoms with Gasteiger partial charge in [0.1, 0.15) is 11.5 Å². The standard InChI is InChI=1S/C12H9ClFN3O3.C4H6N2/c1-17-9(12(19)20)5-15-10(17)11(18)16-6-2-3-8(14)7(13)4-6;1-6-3-2-5-4-6/h2-5H,1H3,(H,16,18)(H,19,20);2-4H,1H3. The molecule has 1 amide bonds. The van der Waals surface area contributed by atoms with Crippen LogP contribution in [0, 0.1) is 5.82 Å². The molecule has 2 heterocycles. The summed E-state index contributed by atoms with van der Waals surface area (Å²) in [6.45, 7) is 0. The van der Waals surface area contributed by atoms with E-state index in [-0.39, 0.29) is 22.2 Å². The van der Waals surface area contributed by atoms with Crippen LogP contribution in [-0.4, -0.2) is 36.1 Å². The second-order valence-electron chi connectivity index (χ2n) is 5.14. The van der Waals surface area contributed by atoms with Crippen molar-refractivity contribution >= 4 is 29.2 Å². The van der Waals surface area contributed by atoms with E-state index in [2.05, 4.69) is 15.3 Å². The summed E-state index contributed by atoms with van der Waals surface area (Å²) in [5.74, 6) is -2.50. The van der Waals surface area contributed by atoms with Gasteiger partial charge in [-0.05, 0) is 18.2 Å². The molecule has 136 valence electrons. The Bertz CT molecular complexity index is 924. The van der Waals surface area contributed by atoms with Crippen molar-refractivity contribution in [2.24, 2.45) is 14.1 Å². The zero-order chi connectivity index (χ0) is 19.3. The van der Waals surface area contributed by atoms with Crippen LogP contribution in [-0.2, 0) is 14.1 Å². The summed E-state index contributed by atoms with van der Waals surface area (Å²) in [7, 11) is 3.34. The van der Waals surface area contributed by atoms with Gasteiger partial charge in [-0.1, -0.05) is 11.6 Å². The van der Waals surface area contributed by atoms with E-state index < -0.39 is 17.7 Å². The highest BCUT2D eigenvalue weighted by Gasteiger charge is 2.18. The Kier molecular flexibility index (Phi) is 6.07. The van der Waals surface area contributed by atoms with Crippen molar-refractivity contribution in [3.05, 3.63) is 65.5 Å². The minimum Gasteiger partial charge on any atom is -0.477 e. The third kappa shape index (κ3) is 4.67. The number of imidazole rings is 2. The van der Waals surface area contributed by atoms with Crippen molar-refractivity contribution < 1.29 is 19.1 Å². The van der Waals surface area contributed by atoms with Crippen molar-refractivity contribution in [2.75, 3.05) is 5.32 Å². The zero-order valence-corrected chi connectivity index (χ0v) is 14.6. The van der Waals surface area contributed by atoms with E-state index in [1.54, 1.807) is 12.5 Å². The molecule has 2 N–H and O–H groups in total. The van der Waals surface area contributed by atoms with Crippen molar-refractivity contribution in [3.63, 3.8) is 0 Å². The molecule has 0 spiro atoms. The Morgan fingerprint density at radius 3 is 2.50 bits per heavy atom. The lowest BCUT2D eigenvalue weighted by Crippen LogP contribution is -2.18. The number of carboxylic acids is 1.